The number of anilines is 6. The number of nitrogens with one attached hydrogen (secondary N) is 3. The fraction of sp³-hybridized carbons (Fsp3) is 0.350. The molecule has 0 radical (unpaired) electrons. The molecule has 6 aromatic carbocycles. The van der Waals surface area contributed by atoms with Gasteiger partial charge in [-0.15, -0.1) is 30.7 Å². The molecule has 752 valence electrons. The molecule has 3 amide bonds. The second-order valence-electron chi connectivity index (χ2n) is 29.9. The van der Waals surface area contributed by atoms with Crippen LogP contribution in [0.1, 0.15) is 120 Å². The number of nitrogens with zero attached hydrogens (tertiary/aromatic N) is 19. The molecule has 9 aromatic rings. The van der Waals surface area contributed by atoms with Gasteiger partial charge in [0.1, 0.15) is 74.8 Å². The minimum absolute atomic E-state index is 0. The maximum atomic E-state index is 12.1. The number of aromatic nitrogens is 6. The molecule has 0 aliphatic carbocycles. The number of halogens is 6. The minimum Gasteiger partial charge on any atom is -0.748 e. The summed E-state index contributed by atoms with van der Waals surface area (Å²) in [7, 11) is -29.2. The number of azo groups is 3. The van der Waals surface area contributed by atoms with Gasteiger partial charge in [-0.05, 0) is 156 Å². The Balaban J connectivity index is 0.00000107. The van der Waals surface area contributed by atoms with E-state index in [-0.39, 0.29) is 525 Å². The zero-order valence-electron chi connectivity index (χ0n) is 79.9. The van der Waals surface area contributed by atoms with Crippen LogP contribution in [0.15, 0.2) is 145 Å². The van der Waals surface area contributed by atoms with Crippen molar-refractivity contribution in [3.05, 3.63) is 162 Å². The fourth-order valence-electron chi connectivity index (χ4n) is 12.8. The quantitative estimate of drug-likeness (QED) is 0.0120. The monoisotopic (exact) mass is 2420 g/mol. The Morgan fingerprint density at radius 3 is 0.788 bits per heavy atom. The number of amides is 3. The summed E-state index contributed by atoms with van der Waals surface area (Å²) < 4.78 is 231. The molecule has 3 heterocycles. The van der Waals surface area contributed by atoms with Crippen LogP contribution in [0.2, 0.25) is 30.1 Å². The first-order valence-electron chi connectivity index (χ1n) is 40.8. The third-order valence-electron chi connectivity index (χ3n) is 19.1. The Morgan fingerprint density at radius 1 is 0.363 bits per heavy atom. The summed E-state index contributed by atoms with van der Waals surface area (Å²) in [6, 6.07) is 29.7. The Morgan fingerprint density at radius 2 is 0.589 bits per heavy atom. The van der Waals surface area contributed by atoms with Crippen LogP contribution in [0.25, 0.3) is 17.1 Å². The molecule has 0 bridgehead atoms. The summed E-state index contributed by atoms with van der Waals surface area (Å²) in [6.07, 6.45) is 5.94. The fourth-order valence-corrected chi connectivity index (χ4v) is 18.8. The van der Waals surface area contributed by atoms with Gasteiger partial charge in [-0.3, -0.25) is 14.4 Å². The van der Waals surface area contributed by atoms with E-state index in [1.54, 1.807) is 51.1 Å². The van der Waals surface area contributed by atoms with Gasteiger partial charge >= 0.3 is 308 Å². The van der Waals surface area contributed by atoms with Crippen molar-refractivity contribution in [2.24, 2.45) is 35.8 Å². The van der Waals surface area contributed by atoms with E-state index in [1.807, 2.05) is 24.3 Å². The van der Waals surface area contributed by atoms with Crippen LogP contribution in [-0.4, -0.2) is 214 Å². The molecular weight excluding hydrogens is 2340 g/mol. The molecule has 66 heteroatoms. The van der Waals surface area contributed by atoms with Crippen LogP contribution in [-0.2, 0) is 85.1 Å². The van der Waals surface area contributed by atoms with Crippen LogP contribution in [0.3, 0.4) is 0 Å². The third-order valence-corrected chi connectivity index (χ3v) is 26.4. The second kappa shape index (κ2) is 67.5. The summed E-state index contributed by atoms with van der Waals surface area (Å²) in [5, 5.41) is 89.2. The van der Waals surface area contributed by atoms with Gasteiger partial charge in [-0.25, -0.2) is 78.1 Å². The number of nitrogens with two attached hydrogens (primary N) is 1. The van der Waals surface area contributed by atoms with Gasteiger partial charge in [0.25, 0.3) is 0 Å². The Labute approximate surface area is 1130 Å². The molecule has 3 aromatic heterocycles. The first kappa shape index (κ1) is 142. The second-order valence-corrected chi connectivity index (χ2v) is 43.0. The Kier molecular flexibility index (Phi) is 65.8. The molecule has 0 fully saturated rings. The Hall–Kier alpha value is -1.75. The van der Waals surface area contributed by atoms with Gasteiger partial charge in [0, 0.05) is 124 Å². The number of ether oxygens (including phenoxy) is 1. The summed E-state index contributed by atoms with van der Waals surface area (Å²) in [5.74, 6) is -4.47. The number of hydrogen-bond donors (Lipinski definition) is 4. The number of benzene rings is 6. The van der Waals surface area contributed by atoms with Crippen molar-refractivity contribution in [2.75, 3.05) is 112 Å². The number of carbonyl (C=O) groups is 3. The average molecular weight is 2420 g/mol. The molecule has 0 saturated heterocycles. The van der Waals surface area contributed by atoms with Gasteiger partial charge in [0.05, 0.1) is 150 Å². The largest absolute Gasteiger partial charge is 1.00 e. The predicted octanol–water partition coefficient (Wildman–Crippen LogP) is -4.80. The topological polar surface area (TPSA) is 732 Å². The van der Waals surface area contributed by atoms with E-state index in [0.717, 1.165) is 23.0 Å². The van der Waals surface area contributed by atoms with Crippen molar-refractivity contribution in [3.63, 3.8) is 0 Å². The third kappa shape index (κ3) is 49.6. The van der Waals surface area contributed by atoms with E-state index >= 15 is 0 Å². The van der Waals surface area contributed by atoms with Crippen LogP contribution in [0, 0.1) is 45.3 Å². The molecular formula is C80H83Cl6K6N23O24S7. The van der Waals surface area contributed by atoms with Crippen molar-refractivity contribution in [3.8, 4) is 47.1 Å². The van der Waals surface area contributed by atoms with Crippen LogP contribution >= 0.6 is 69.6 Å². The smallest absolute Gasteiger partial charge is 0.748 e. The van der Waals surface area contributed by atoms with Gasteiger partial charge in [-0.2, -0.15) is 36.3 Å². The van der Waals surface area contributed by atoms with Gasteiger partial charge < -0.3 is 62.7 Å². The van der Waals surface area contributed by atoms with Crippen LogP contribution < -0.4 is 349 Å². The number of primary sulfonamides is 1. The van der Waals surface area contributed by atoms with Crippen LogP contribution in [0.4, 0.5) is 68.6 Å². The molecule has 0 aliphatic rings. The van der Waals surface area contributed by atoms with E-state index in [2.05, 4.69) is 61.9 Å². The van der Waals surface area contributed by atoms with Crippen molar-refractivity contribution in [1.82, 2.24) is 29.3 Å². The van der Waals surface area contributed by atoms with Crippen molar-refractivity contribution >= 4 is 227 Å². The molecule has 5 N–H and O–H groups in total. The number of hydrogen-bond acceptors (Lipinski definition) is 40. The number of sulfonamides is 1. The zero-order chi connectivity index (χ0) is 104. The van der Waals surface area contributed by atoms with E-state index in [1.165, 1.54) is 92.1 Å². The number of methoxy groups -OCH3 is 1. The molecule has 0 spiro atoms. The summed E-state index contributed by atoms with van der Waals surface area (Å²) in [4.78, 5) is 41.3. The zero-order valence-corrected chi connectivity index (χ0v) is 109. The first-order chi connectivity index (χ1) is 65.5. The van der Waals surface area contributed by atoms with E-state index < -0.39 is 123 Å². The molecule has 146 heavy (non-hydrogen) atoms. The molecule has 0 saturated carbocycles. The number of nitriles is 4. The minimum atomic E-state index is -4.42. The number of carbonyl (C=O) groups excluding carboxylic acids is 3. The Bertz CT molecular complexity index is 7060. The standard InChI is InChI=1S/C27H28Cl2N8O7S2.C27H31Cl2N7O8S2.C26H30Cl2N8O9S3.6K/c1-18(38)33-25-14-21(36(8-2-4-10-45(39,40)41)9-3-5-11-46(42,43)44)6-7-24(25)34-35-27-20(16-31)17-32-37(27)26-22(28)12-19(15-30)13-23(26)29;1-18(37)32-25-13-20(35(9-3-5-11-45(38,39)40)10-4-6-12-46(41,42)43)7-8-24(25)33-34-27-19(16-30)17-31-36(27)26-22(28)14-21(44-2)15-23(26)29;1-17(37)32-24-12-19(35(8-2-4-10-46(38,39)40)9-3-5-11-47(41,42)43)6-7-23(24)33-34-26-18(15-29)16-31-36(26)25-21(27)13-20(14-22(25)28)48(30,44)45;;;;;;/h6-7,12-14,17H,2-5,8-11H2,1H3,(H,33,38)(H,39,40,41)(H,42,43,44);7-8,13-15,17H,3-6,9-12H2,1-2H3,(H,32,37)(H,38,39,40)(H,41,42,43);6-7,12-14,16H,2-5,8-11H2,1H3,(H,32,37)(H2,30,44,45)(H,38,39,40)(H,41,42,43);;;;;;/q;;;6*+1/p-6. The summed E-state index contributed by atoms with van der Waals surface area (Å²) >= 11 is 38.2. The van der Waals surface area contributed by atoms with Crippen molar-refractivity contribution < 1.29 is 414 Å². The number of rotatable bonds is 47. The first-order valence-corrected chi connectivity index (χ1v) is 54.1. The van der Waals surface area contributed by atoms with E-state index in [9.17, 15) is 122 Å². The molecule has 0 atom stereocenters. The van der Waals surface area contributed by atoms with E-state index in [4.69, 9.17) is 79.5 Å². The van der Waals surface area contributed by atoms with Crippen LogP contribution in [0.5, 0.6) is 5.75 Å². The van der Waals surface area contributed by atoms with Gasteiger partial charge in [-0.1, -0.05) is 69.6 Å². The normalized spacial score (nSPS) is 11.5. The van der Waals surface area contributed by atoms with Gasteiger partial charge in [0.2, 0.25) is 27.7 Å². The predicted molar refractivity (Wildman–Crippen MR) is 512 cm³/mol. The molecule has 0 aliphatic heterocycles. The van der Waals surface area contributed by atoms with E-state index in [0.29, 0.717) is 48.5 Å². The van der Waals surface area contributed by atoms with Crippen molar-refractivity contribution in [1.29, 1.82) is 21.0 Å². The van der Waals surface area contributed by atoms with Crippen molar-refractivity contribution in [2.45, 2.75) is 103 Å². The SMILES string of the molecule is CC(=O)Nc1cc(N(CCCCS(=O)(=O)[O-])CCCCS(=O)(=O)[O-])ccc1N=Nc1c(C#N)cnn1-c1c(Cl)cc(C#N)cc1Cl.CC(=O)Nc1cc(N(CCCCS(=O)(=O)[O-])CCCCS(=O)(=O)[O-])ccc1N=Nc1c(C#N)cnn1-c1c(Cl)cc(S(N)(=O)=O)cc1Cl.COc1cc(Cl)c(-n2ncc(C#N)c2N=Nc2ccc(N(CCCCS(=O)(=O)[O-])CCCCS(=O)(=O)[O-])cc2NC(C)=O)c(Cl)c1.[K+].[K+].[K+].[K+].[K+].[K+]. The summed E-state index contributed by atoms with van der Waals surface area (Å²) in [6.45, 7) is 5.42. The average Bonchev–Trinajstić information content (AvgIpc) is 1.55. The molecule has 9 rings (SSSR count). The molecule has 0 unspecified atom stereocenters. The maximum Gasteiger partial charge on any atom is 1.00 e. The summed E-state index contributed by atoms with van der Waals surface area (Å²) in [5.41, 5.74) is 3.23. The number of unbranched alkanes of at least 4 members (excludes halogenated alkanes) is 6. The maximum absolute atomic E-state index is 12.1. The molecule has 47 nitrogen and oxygen atoms in total. The van der Waals surface area contributed by atoms with Gasteiger partial charge in [0.15, 0.2) is 17.5 Å².